The summed E-state index contributed by atoms with van der Waals surface area (Å²) in [4.78, 5) is 27.5. The van der Waals surface area contributed by atoms with Gasteiger partial charge in [-0.2, -0.15) is 0 Å². The first-order chi connectivity index (χ1) is 13.4. The first-order valence-corrected chi connectivity index (χ1v) is 9.07. The summed E-state index contributed by atoms with van der Waals surface area (Å²) in [5, 5.41) is 10.3. The number of pyridine rings is 1. The van der Waals surface area contributed by atoms with Crippen LogP contribution >= 0.6 is 0 Å². The van der Waals surface area contributed by atoms with Crippen LogP contribution in [0.5, 0.6) is 0 Å². The van der Waals surface area contributed by atoms with E-state index >= 15 is 0 Å². The topological polar surface area (TPSA) is 79.2 Å². The van der Waals surface area contributed by atoms with Crippen molar-refractivity contribution in [2.24, 2.45) is 0 Å². The fraction of sp³-hybridized carbons (Fsp3) is 0.182. The van der Waals surface area contributed by atoms with E-state index in [4.69, 9.17) is 9.97 Å². The van der Waals surface area contributed by atoms with E-state index in [1.165, 1.54) is 0 Å². The van der Waals surface area contributed by atoms with E-state index in [1.54, 1.807) is 18.2 Å². The van der Waals surface area contributed by atoms with Gasteiger partial charge in [-0.25, -0.2) is 14.8 Å². The van der Waals surface area contributed by atoms with Crippen LogP contribution in [-0.4, -0.2) is 39.1 Å². The molecule has 0 fully saturated rings. The second-order valence-electron chi connectivity index (χ2n) is 7.03. The largest absolute Gasteiger partial charge is 0.478 e. The maximum absolute atomic E-state index is 11.3. The van der Waals surface area contributed by atoms with Crippen LogP contribution in [0.15, 0.2) is 54.7 Å². The number of rotatable bonds is 4. The van der Waals surface area contributed by atoms with Crippen molar-refractivity contribution in [3.05, 3.63) is 60.3 Å². The lowest BCUT2D eigenvalue weighted by Crippen LogP contribution is -2.27. The SMILES string of the molecule is CC(C)N(C)c1nc2cc(C(=O)O)ccc2nc1-c1cnc2ccccc2c1. The van der Waals surface area contributed by atoms with Crippen LogP contribution in [0.4, 0.5) is 5.82 Å². The number of carboxylic acid groups (broad SMARTS) is 1. The van der Waals surface area contributed by atoms with Crippen LogP contribution < -0.4 is 4.90 Å². The quantitative estimate of drug-likeness (QED) is 0.572. The Balaban J connectivity index is 1.97. The first-order valence-electron chi connectivity index (χ1n) is 9.07. The maximum Gasteiger partial charge on any atom is 0.335 e. The number of carboxylic acids is 1. The van der Waals surface area contributed by atoms with Crippen molar-refractivity contribution >= 4 is 33.7 Å². The van der Waals surface area contributed by atoms with E-state index in [9.17, 15) is 9.90 Å². The fourth-order valence-electron chi connectivity index (χ4n) is 3.06. The van der Waals surface area contributed by atoms with Gasteiger partial charge in [0.05, 0.1) is 22.1 Å². The number of hydrogen-bond donors (Lipinski definition) is 1. The van der Waals surface area contributed by atoms with Gasteiger partial charge in [0, 0.05) is 30.2 Å². The summed E-state index contributed by atoms with van der Waals surface area (Å²) in [6.45, 7) is 4.14. The highest BCUT2D eigenvalue weighted by Crippen LogP contribution is 2.31. The zero-order valence-electron chi connectivity index (χ0n) is 15.9. The number of benzene rings is 2. The van der Waals surface area contributed by atoms with E-state index in [0.29, 0.717) is 16.9 Å². The van der Waals surface area contributed by atoms with Gasteiger partial charge in [0.15, 0.2) is 5.82 Å². The molecule has 0 aliphatic rings. The Morgan fingerprint density at radius 2 is 1.79 bits per heavy atom. The molecule has 140 valence electrons. The maximum atomic E-state index is 11.3. The molecule has 0 radical (unpaired) electrons. The first kappa shape index (κ1) is 17.9. The van der Waals surface area contributed by atoms with Crippen LogP contribution in [0.25, 0.3) is 33.2 Å². The standard InChI is InChI=1S/C22H20N4O2/c1-13(2)26(3)21-20(16-10-14-6-4-5-7-17(14)23-12-16)24-18-9-8-15(22(27)28)11-19(18)25-21/h4-13H,1-3H3,(H,27,28). The molecule has 0 aliphatic carbocycles. The lowest BCUT2D eigenvalue weighted by molar-refractivity contribution is 0.0697. The molecular formula is C22H20N4O2. The Labute approximate surface area is 162 Å². The van der Waals surface area contributed by atoms with Crippen LogP contribution in [0, 0.1) is 0 Å². The number of aromatic carboxylic acids is 1. The number of aromatic nitrogens is 3. The van der Waals surface area contributed by atoms with E-state index in [2.05, 4.69) is 24.9 Å². The number of nitrogens with zero attached hydrogens (tertiary/aromatic N) is 4. The van der Waals surface area contributed by atoms with Crippen molar-refractivity contribution in [2.45, 2.75) is 19.9 Å². The van der Waals surface area contributed by atoms with Gasteiger partial charge in [-0.1, -0.05) is 18.2 Å². The highest BCUT2D eigenvalue weighted by Gasteiger charge is 2.18. The molecule has 6 heteroatoms. The summed E-state index contributed by atoms with van der Waals surface area (Å²) in [6.07, 6.45) is 1.81. The summed E-state index contributed by atoms with van der Waals surface area (Å²) < 4.78 is 0. The Morgan fingerprint density at radius 1 is 1.00 bits per heavy atom. The Kier molecular flexibility index (Phi) is 4.39. The molecule has 2 heterocycles. The van der Waals surface area contributed by atoms with Gasteiger partial charge in [-0.05, 0) is 44.2 Å². The lowest BCUT2D eigenvalue weighted by Gasteiger charge is -2.25. The van der Waals surface area contributed by atoms with Crippen LogP contribution in [-0.2, 0) is 0 Å². The average molecular weight is 372 g/mol. The van der Waals surface area contributed by atoms with E-state index in [-0.39, 0.29) is 11.6 Å². The predicted octanol–water partition coefficient (Wildman–Crippen LogP) is 4.39. The highest BCUT2D eigenvalue weighted by molar-refractivity contribution is 5.94. The van der Waals surface area contributed by atoms with Crippen LogP contribution in [0.3, 0.4) is 0 Å². The molecule has 0 bridgehead atoms. The van der Waals surface area contributed by atoms with Gasteiger partial charge in [0.1, 0.15) is 5.69 Å². The van der Waals surface area contributed by atoms with Gasteiger partial charge in [-0.15, -0.1) is 0 Å². The Morgan fingerprint density at radius 3 is 2.54 bits per heavy atom. The molecule has 0 atom stereocenters. The molecule has 2 aromatic heterocycles. The van der Waals surface area contributed by atoms with Crippen LogP contribution in [0.2, 0.25) is 0 Å². The lowest BCUT2D eigenvalue weighted by atomic mass is 10.1. The number of carbonyl (C=O) groups is 1. The third kappa shape index (κ3) is 3.13. The summed E-state index contributed by atoms with van der Waals surface area (Å²) in [6, 6.07) is 15.0. The van der Waals surface area contributed by atoms with Gasteiger partial charge in [0.25, 0.3) is 0 Å². The number of hydrogen-bond acceptors (Lipinski definition) is 5. The van der Waals surface area contributed by atoms with Crippen LogP contribution in [0.1, 0.15) is 24.2 Å². The predicted molar refractivity (Wildman–Crippen MR) is 111 cm³/mol. The molecule has 4 aromatic rings. The minimum atomic E-state index is -0.981. The highest BCUT2D eigenvalue weighted by atomic mass is 16.4. The number of para-hydroxylation sites is 1. The molecule has 0 unspecified atom stereocenters. The second-order valence-corrected chi connectivity index (χ2v) is 7.03. The zero-order chi connectivity index (χ0) is 19.8. The minimum absolute atomic E-state index is 0.195. The normalized spacial score (nSPS) is 11.3. The smallest absolute Gasteiger partial charge is 0.335 e. The molecule has 0 spiro atoms. The molecule has 0 saturated carbocycles. The zero-order valence-corrected chi connectivity index (χ0v) is 15.9. The van der Waals surface area contributed by atoms with Gasteiger partial charge >= 0.3 is 5.97 Å². The average Bonchev–Trinajstić information content (AvgIpc) is 2.71. The van der Waals surface area contributed by atoms with Crippen molar-refractivity contribution in [1.29, 1.82) is 0 Å². The third-order valence-corrected chi connectivity index (χ3v) is 4.87. The summed E-state index contributed by atoms with van der Waals surface area (Å²) in [5.74, 6) is -0.285. The van der Waals surface area contributed by atoms with Crippen molar-refractivity contribution in [1.82, 2.24) is 15.0 Å². The third-order valence-electron chi connectivity index (χ3n) is 4.87. The molecule has 0 aliphatic heterocycles. The van der Waals surface area contributed by atoms with E-state index in [0.717, 1.165) is 22.2 Å². The van der Waals surface area contributed by atoms with Crippen molar-refractivity contribution in [3.63, 3.8) is 0 Å². The molecule has 2 aromatic carbocycles. The monoisotopic (exact) mass is 372 g/mol. The van der Waals surface area contributed by atoms with Crippen molar-refractivity contribution in [3.8, 4) is 11.3 Å². The summed E-state index contributed by atoms with van der Waals surface area (Å²) in [7, 11) is 1.96. The number of fused-ring (bicyclic) bond motifs is 2. The summed E-state index contributed by atoms with van der Waals surface area (Å²) in [5.41, 5.74) is 3.92. The molecule has 0 amide bonds. The van der Waals surface area contributed by atoms with E-state index < -0.39 is 5.97 Å². The van der Waals surface area contributed by atoms with Gasteiger partial charge in [-0.3, -0.25) is 4.98 Å². The molecule has 4 rings (SSSR count). The molecule has 6 nitrogen and oxygen atoms in total. The van der Waals surface area contributed by atoms with Crippen molar-refractivity contribution in [2.75, 3.05) is 11.9 Å². The van der Waals surface area contributed by atoms with Gasteiger partial charge < -0.3 is 10.0 Å². The fourth-order valence-corrected chi connectivity index (χ4v) is 3.06. The Bertz CT molecular complexity index is 1200. The molecule has 28 heavy (non-hydrogen) atoms. The van der Waals surface area contributed by atoms with Gasteiger partial charge in [0.2, 0.25) is 0 Å². The van der Waals surface area contributed by atoms with Crippen molar-refractivity contribution < 1.29 is 9.90 Å². The minimum Gasteiger partial charge on any atom is -0.478 e. The summed E-state index contributed by atoms with van der Waals surface area (Å²) >= 11 is 0. The molecule has 0 saturated heterocycles. The van der Waals surface area contributed by atoms with E-state index in [1.807, 2.05) is 42.4 Å². The molecular weight excluding hydrogens is 352 g/mol. The number of anilines is 1. The second kappa shape index (κ2) is 6.88. The molecule has 1 N–H and O–H groups in total. The Hall–Kier alpha value is -3.54.